The summed E-state index contributed by atoms with van der Waals surface area (Å²) < 4.78 is 35.6. The predicted octanol–water partition coefficient (Wildman–Crippen LogP) is 4.38. The van der Waals surface area contributed by atoms with Crippen molar-refractivity contribution in [3.63, 3.8) is 0 Å². The van der Waals surface area contributed by atoms with Crippen LogP contribution in [-0.2, 0) is 4.79 Å². The molecule has 2 amide bonds. The van der Waals surface area contributed by atoms with Crippen LogP contribution in [0.2, 0.25) is 0 Å². The molecule has 1 aromatic heterocycles. The normalized spacial score (nSPS) is 19.2. The van der Waals surface area contributed by atoms with Crippen LogP contribution in [0, 0.1) is 11.7 Å². The standard InChI is InChI=1S/C29H39F2N5O3/c1-3-29(31,4-2)19-35-13-10-20(11-14-35)18-39-22-16-33-27(34-17-22)21-8-9-23(24(30)15-21)28(38)36-12-6-5-7-25(36)26(32)37/h8-9,15-17,20,25H,3-7,10-14,18-19H2,1-2H3,(H2,32,37). The molecule has 1 unspecified atom stereocenters. The largest absolute Gasteiger partial charge is 0.490 e. The summed E-state index contributed by atoms with van der Waals surface area (Å²) in [6, 6.07) is 3.49. The zero-order chi connectivity index (χ0) is 28.0. The summed E-state index contributed by atoms with van der Waals surface area (Å²) in [5.41, 5.74) is 4.66. The van der Waals surface area contributed by atoms with Crippen LogP contribution in [0.1, 0.15) is 69.2 Å². The van der Waals surface area contributed by atoms with Gasteiger partial charge >= 0.3 is 0 Å². The second-order valence-electron chi connectivity index (χ2n) is 10.7. The van der Waals surface area contributed by atoms with Gasteiger partial charge in [0.15, 0.2) is 11.6 Å². The van der Waals surface area contributed by atoms with Crippen LogP contribution >= 0.6 is 0 Å². The van der Waals surface area contributed by atoms with Gasteiger partial charge in [0.25, 0.3) is 5.91 Å². The molecule has 2 N–H and O–H groups in total. The number of benzene rings is 1. The van der Waals surface area contributed by atoms with Gasteiger partial charge in [-0.1, -0.05) is 19.9 Å². The number of nitrogens with zero attached hydrogens (tertiary/aromatic N) is 4. The average molecular weight is 544 g/mol. The Balaban J connectivity index is 1.31. The Kier molecular flexibility index (Phi) is 9.48. The molecule has 1 aromatic carbocycles. The van der Waals surface area contributed by atoms with Crippen LogP contribution in [0.5, 0.6) is 5.75 Å². The fraction of sp³-hybridized carbons (Fsp3) is 0.586. The van der Waals surface area contributed by atoms with Crippen molar-refractivity contribution in [2.45, 2.75) is 70.5 Å². The smallest absolute Gasteiger partial charge is 0.257 e. The van der Waals surface area contributed by atoms with Crippen LogP contribution < -0.4 is 10.5 Å². The SMILES string of the molecule is CCC(F)(CC)CN1CCC(COc2cnc(-c3ccc(C(=O)N4CCCCC4C(N)=O)c(F)c3)nc2)CC1. The van der Waals surface area contributed by atoms with Gasteiger partial charge in [-0.05, 0) is 76.1 Å². The van der Waals surface area contributed by atoms with Crippen molar-refractivity contribution in [2.75, 3.05) is 32.8 Å². The third-order valence-corrected chi connectivity index (χ3v) is 8.15. The van der Waals surface area contributed by atoms with Gasteiger partial charge in [0.1, 0.15) is 17.5 Å². The van der Waals surface area contributed by atoms with Gasteiger partial charge < -0.3 is 20.3 Å². The number of alkyl halides is 1. The first-order valence-electron chi connectivity index (χ1n) is 14.0. The van der Waals surface area contributed by atoms with Crippen molar-refractivity contribution < 1.29 is 23.1 Å². The number of nitrogens with two attached hydrogens (primary N) is 1. The van der Waals surface area contributed by atoms with E-state index >= 15 is 0 Å². The summed E-state index contributed by atoms with van der Waals surface area (Å²) in [7, 11) is 0. The Morgan fingerprint density at radius 1 is 1.08 bits per heavy atom. The highest BCUT2D eigenvalue weighted by Gasteiger charge is 2.33. The van der Waals surface area contributed by atoms with Gasteiger partial charge in [0, 0.05) is 18.7 Å². The number of hydrogen-bond donors (Lipinski definition) is 1. The number of ether oxygens (including phenoxy) is 1. The molecule has 2 aliphatic heterocycles. The molecule has 2 aromatic rings. The van der Waals surface area contributed by atoms with Crippen molar-refractivity contribution in [2.24, 2.45) is 11.7 Å². The van der Waals surface area contributed by atoms with Gasteiger partial charge in [0.2, 0.25) is 5.91 Å². The summed E-state index contributed by atoms with van der Waals surface area (Å²) in [6.45, 7) is 6.93. The number of amides is 2. The van der Waals surface area contributed by atoms with Crippen molar-refractivity contribution in [3.05, 3.63) is 42.0 Å². The third kappa shape index (κ3) is 7.09. The topological polar surface area (TPSA) is 102 Å². The molecule has 1 atom stereocenters. The number of carbonyl (C=O) groups excluding carboxylic acids is 2. The summed E-state index contributed by atoms with van der Waals surface area (Å²) in [4.78, 5) is 36.9. The maximum atomic E-state index is 15.0. The number of rotatable bonds is 10. The quantitative estimate of drug-likeness (QED) is 0.477. The second-order valence-corrected chi connectivity index (χ2v) is 10.7. The first kappa shape index (κ1) is 28.9. The Hall–Kier alpha value is -3.14. The molecule has 0 bridgehead atoms. The fourth-order valence-electron chi connectivity index (χ4n) is 5.39. The van der Waals surface area contributed by atoms with E-state index < -0.39 is 29.3 Å². The van der Waals surface area contributed by atoms with Crippen LogP contribution in [0.25, 0.3) is 11.4 Å². The molecule has 0 spiro atoms. The Bertz CT molecular complexity index is 1130. The molecule has 0 saturated carbocycles. The summed E-state index contributed by atoms with van der Waals surface area (Å²) in [6.07, 6.45) is 8.11. The van der Waals surface area contributed by atoms with Crippen LogP contribution in [0.3, 0.4) is 0 Å². The number of likely N-dealkylation sites (tertiary alicyclic amines) is 2. The van der Waals surface area contributed by atoms with E-state index in [-0.39, 0.29) is 5.56 Å². The van der Waals surface area contributed by atoms with E-state index in [2.05, 4.69) is 14.9 Å². The van der Waals surface area contributed by atoms with E-state index in [1.54, 1.807) is 18.5 Å². The maximum Gasteiger partial charge on any atom is 0.257 e. The van der Waals surface area contributed by atoms with Gasteiger partial charge in [-0.3, -0.25) is 9.59 Å². The number of aromatic nitrogens is 2. The number of halogens is 2. The molecule has 8 nitrogen and oxygen atoms in total. The molecule has 3 heterocycles. The van der Waals surface area contributed by atoms with Crippen LogP contribution in [0.4, 0.5) is 8.78 Å². The minimum atomic E-state index is -1.11. The Morgan fingerprint density at radius 3 is 2.38 bits per heavy atom. The fourth-order valence-corrected chi connectivity index (χ4v) is 5.39. The summed E-state index contributed by atoms with van der Waals surface area (Å²) >= 11 is 0. The van der Waals surface area contributed by atoms with E-state index in [4.69, 9.17) is 10.5 Å². The molecule has 2 fully saturated rings. The highest BCUT2D eigenvalue weighted by molar-refractivity contribution is 5.98. The number of carbonyl (C=O) groups is 2. The molecule has 0 radical (unpaired) electrons. The lowest BCUT2D eigenvalue weighted by Crippen LogP contribution is -2.50. The van der Waals surface area contributed by atoms with Crippen LogP contribution in [0.15, 0.2) is 30.6 Å². The van der Waals surface area contributed by atoms with Gasteiger partial charge in [-0.2, -0.15) is 0 Å². The molecular weight excluding hydrogens is 504 g/mol. The highest BCUT2D eigenvalue weighted by Crippen LogP contribution is 2.27. The highest BCUT2D eigenvalue weighted by atomic mass is 19.1. The molecule has 2 saturated heterocycles. The second kappa shape index (κ2) is 12.8. The molecule has 10 heteroatoms. The lowest BCUT2D eigenvalue weighted by Gasteiger charge is -2.36. The average Bonchev–Trinajstić information content (AvgIpc) is 2.96. The monoisotopic (exact) mass is 543 g/mol. The van der Waals surface area contributed by atoms with Gasteiger partial charge in [-0.15, -0.1) is 0 Å². The first-order chi connectivity index (χ1) is 18.7. The predicted molar refractivity (Wildman–Crippen MR) is 144 cm³/mol. The van der Waals surface area contributed by atoms with E-state index in [1.807, 2.05) is 13.8 Å². The van der Waals surface area contributed by atoms with E-state index in [9.17, 15) is 18.4 Å². The zero-order valence-corrected chi connectivity index (χ0v) is 22.9. The van der Waals surface area contributed by atoms with Gasteiger partial charge in [0.05, 0.1) is 24.6 Å². The van der Waals surface area contributed by atoms with E-state index in [1.165, 1.54) is 17.0 Å². The lowest BCUT2D eigenvalue weighted by atomic mass is 9.94. The maximum absolute atomic E-state index is 15.0. The van der Waals surface area contributed by atoms with Crippen molar-refractivity contribution in [3.8, 4) is 17.1 Å². The van der Waals surface area contributed by atoms with E-state index in [0.29, 0.717) is 62.0 Å². The van der Waals surface area contributed by atoms with Crippen molar-refractivity contribution in [1.82, 2.24) is 19.8 Å². The molecular formula is C29H39F2N5O3. The van der Waals surface area contributed by atoms with Crippen LogP contribution in [-0.4, -0.2) is 76.1 Å². The first-order valence-corrected chi connectivity index (χ1v) is 14.0. The Morgan fingerprint density at radius 2 is 1.77 bits per heavy atom. The molecule has 0 aliphatic carbocycles. The molecule has 212 valence electrons. The zero-order valence-electron chi connectivity index (χ0n) is 22.9. The lowest BCUT2D eigenvalue weighted by molar-refractivity contribution is -0.123. The minimum absolute atomic E-state index is 0.112. The molecule has 2 aliphatic rings. The van der Waals surface area contributed by atoms with Crippen molar-refractivity contribution >= 4 is 11.8 Å². The third-order valence-electron chi connectivity index (χ3n) is 8.15. The summed E-state index contributed by atoms with van der Waals surface area (Å²) in [5, 5.41) is 0. The Labute approximate surface area is 228 Å². The van der Waals surface area contributed by atoms with E-state index in [0.717, 1.165) is 38.8 Å². The molecule has 4 rings (SSSR count). The number of piperidine rings is 2. The molecule has 39 heavy (non-hydrogen) atoms. The minimum Gasteiger partial charge on any atom is -0.490 e. The van der Waals surface area contributed by atoms with Crippen molar-refractivity contribution in [1.29, 1.82) is 0 Å². The van der Waals surface area contributed by atoms with Gasteiger partial charge in [-0.25, -0.2) is 18.7 Å². The number of primary amides is 1. The summed E-state index contributed by atoms with van der Waals surface area (Å²) in [5.74, 6) is -0.611. The number of hydrogen-bond acceptors (Lipinski definition) is 6.